The summed E-state index contributed by atoms with van der Waals surface area (Å²) < 4.78 is 6.52. The normalized spacial score (nSPS) is 11.5. The number of hydrogen-bond acceptors (Lipinski definition) is 5. The summed E-state index contributed by atoms with van der Waals surface area (Å²) in [5, 5.41) is 13.5. The van der Waals surface area contributed by atoms with Crippen LogP contribution in [0.25, 0.3) is 32.0 Å². The number of thiazole rings is 1. The van der Waals surface area contributed by atoms with Gasteiger partial charge in [-0.1, -0.05) is 24.3 Å². The van der Waals surface area contributed by atoms with Gasteiger partial charge in [-0.15, -0.1) is 11.3 Å². The Hall–Kier alpha value is -3.18. The van der Waals surface area contributed by atoms with Crippen molar-refractivity contribution in [3.05, 3.63) is 81.7 Å². The van der Waals surface area contributed by atoms with Gasteiger partial charge < -0.3 is 9.52 Å². The molecule has 0 spiro atoms. The third kappa shape index (κ3) is 2.45. The molecule has 0 aliphatic heterocycles. The van der Waals surface area contributed by atoms with E-state index in [9.17, 15) is 9.90 Å². The average molecular weight is 359 g/mol. The number of phenolic OH excluding ortho intramolecular Hbond substituents is 1. The van der Waals surface area contributed by atoms with Gasteiger partial charge in [-0.2, -0.15) is 0 Å². The first-order valence-corrected chi connectivity index (χ1v) is 9.02. The van der Waals surface area contributed by atoms with Crippen molar-refractivity contribution in [2.75, 3.05) is 0 Å². The fraction of sp³-hybridized carbons (Fsp3) is 0.0476. The van der Waals surface area contributed by atoms with Crippen LogP contribution in [0.15, 0.2) is 69.9 Å². The molecule has 126 valence electrons. The fourth-order valence-electron chi connectivity index (χ4n) is 3.35. The van der Waals surface area contributed by atoms with Crippen molar-refractivity contribution in [1.82, 2.24) is 4.98 Å². The Labute approximate surface area is 152 Å². The first-order chi connectivity index (χ1) is 12.7. The van der Waals surface area contributed by atoms with E-state index in [0.717, 1.165) is 36.9 Å². The SMILES string of the molecule is O=c1cc(Cc2nc3ccccc3s2)c2c(ccc3ccc(O)cc32)o1. The monoisotopic (exact) mass is 359 g/mol. The lowest BCUT2D eigenvalue weighted by Crippen LogP contribution is -2.01. The first kappa shape index (κ1) is 15.1. The Morgan fingerprint density at radius 3 is 2.77 bits per heavy atom. The van der Waals surface area contributed by atoms with Crippen LogP contribution in [-0.4, -0.2) is 10.1 Å². The standard InChI is InChI=1S/C21H13NO3S/c23-14-7-5-12-6-8-17-21(15(12)11-14)13(10-20(24)25-17)9-19-22-16-3-1-2-4-18(16)26-19/h1-8,10-11,23H,9H2. The van der Waals surface area contributed by atoms with E-state index in [0.29, 0.717) is 12.0 Å². The van der Waals surface area contributed by atoms with E-state index in [1.165, 1.54) is 6.07 Å². The molecule has 0 aliphatic carbocycles. The molecular weight excluding hydrogens is 346 g/mol. The number of aromatic hydroxyl groups is 1. The average Bonchev–Trinajstić information content (AvgIpc) is 3.03. The third-order valence-electron chi connectivity index (χ3n) is 4.47. The maximum atomic E-state index is 12.0. The van der Waals surface area contributed by atoms with E-state index in [1.54, 1.807) is 29.5 Å². The molecule has 0 radical (unpaired) electrons. The van der Waals surface area contributed by atoms with E-state index in [4.69, 9.17) is 4.42 Å². The zero-order chi connectivity index (χ0) is 17.7. The van der Waals surface area contributed by atoms with Gasteiger partial charge in [-0.25, -0.2) is 9.78 Å². The van der Waals surface area contributed by atoms with Gasteiger partial charge in [0, 0.05) is 17.9 Å². The minimum absolute atomic E-state index is 0.183. The minimum atomic E-state index is -0.381. The number of hydrogen-bond donors (Lipinski definition) is 1. The number of benzene rings is 3. The molecule has 0 aliphatic rings. The van der Waals surface area contributed by atoms with Crippen molar-refractivity contribution < 1.29 is 9.52 Å². The van der Waals surface area contributed by atoms with Crippen LogP contribution < -0.4 is 5.63 Å². The second kappa shape index (κ2) is 5.68. The molecule has 0 unspecified atom stereocenters. The van der Waals surface area contributed by atoms with Crippen LogP contribution in [0.5, 0.6) is 5.75 Å². The van der Waals surface area contributed by atoms with Crippen molar-refractivity contribution >= 4 is 43.3 Å². The van der Waals surface area contributed by atoms with Crippen molar-refractivity contribution in [3.8, 4) is 5.75 Å². The predicted octanol–water partition coefficient (Wildman–Crippen LogP) is 4.85. The van der Waals surface area contributed by atoms with Crippen molar-refractivity contribution in [1.29, 1.82) is 0 Å². The Morgan fingerprint density at radius 1 is 1.04 bits per heavy atom. The summed E-state index contributed by atoms with van der Waals surface area (Å²) in [6.45, 7) is 0. The van der Waals surface area contributed by atoms with Crippen LogP contribution in [0, 0.1) is 0 Å². The Bertz CT molecular complexity index is 1320. The van der Waals surface area contributed by atoms with E-state index in [2.05, 4.69) is 4.98 Å². The number of rotatable bonds is 2. The number of aromatic nitrogens is 1. The van der Waals surface area contributed by atoms with Gasteiger partial charge in [0.2, 0.25) is 0 Å². The molecule has 2 aromatic heterocycles. The molecule has 1 N–H and O–H groups in total. The molecule has 26 heavy (non-hydrogen) atoms. The molecule has 5 aromatic rings. The van der Waals surface area contributed by atoms with Crippen molar-refractivity contribution in [2.45, 2.75) is 6.42 Å². The highest BCUT2D eigenvalue weighted by molar-refractivity contribution is 7.18. The molecule has 5 rings (SSSR count). The van der Waals surface area contributed by atoms with E-state index in [-0.39, 0.29) is 11.4 Å². The van der Waals surface area contributed by atoms with Crippen LogP contribution in [0.3, 0.4) is 0 Å². The Morgan fingerprint density at radius 2 is 1.88 bits per heavy atom. The van der Waals surface area contributed by atoms with E-state index in [1.807, 2.05) is 36.4 Å². The largest absolute Gasteiger partial charge is 0.508 e. The fourth-order valence-corrected chi connectivity index (χ4v) is 4.34. The smallest absolute Gasteiger partial charge is 0.336 e. The molecule has 4 nitrogen and oxygen atoms in total. The molecule has 0 saturated heterocycles. The zero-order valence-corrected chi connectivity index (χ0v) is 14.4. The molecule has 2 heterocycles. The summed E-state index contributed by atoms with van der Waals surface area (Å²) in [4.78, 5) is 16.7. The van der Waals surface area contributed by atoms with E-state index >= 15 is 0 Å². The second-order valence-electron chi connectivity index (χ2n) is 6.19. The molecule has 3 aromatic carbocycles. The summed E-state index contributed by atoms with van der Waals surface area (Å²) in [6, 6.07) is 18.4. The molecule has 0 saturated carbocycles. The summed E-state index contributed by atoms with van der Waals surface area (Å²) in [7, 11) is 0. The molecule has 0 atom stereocenters. The minimum Gasteiger partial charge on any atom is -0.508 e. The highest BCUT2D eigenvalue weighted by Crippen LogP contribution is 2.32. The van der Waals surface area contributed by atoms with E-state index < -0.39 is 0 Å². The third-order valence-corrected chi connectivity index (χ3v) is 5.51. The van der Waals surface area contributed by atoms with Gasteiger partial charge in [0.25, 0.3) is 0 Å². The molecule has 0 amide bonds. The van der Waals surface area contributed by atoms with Crippen LogP contribution in [-0.2, 0) is 6.42 Å². The lowest BCUT2D eigenvalue weighted by molar-refractivity contribution is 0.476. The summed E-state index contributed by atoms with van der Waals surface area (Å²) >= 11 is 1.62. The highest BCUT2D eigenvalue weighted by Gasteiger charge is 2.13. The van der Waals surface area contributed by atoms with Crippen LogP contribution in [0.4, 0.5) is 0 Å². The highest BCUT2D eigenvalue weighted by atomic mass is 32.1. The lowest BCUT2D eigenvalue weighted by atomic mass is 10.00. The molecular formula is C21H13NO3S. The molecule has 5 heteroatoms. The molecule has 0 bridgehead atoms. The predicted molar refractivity (Wildman–Crippen MR) is 104 cm³/mol. The quantitative estimate of drug-likeness (QED) is 0.361. The number of phenols is 1. The number of fused-ring (bicyclic) bond motifs is 4. The first-order valence-electron chi connectivity index (χ1n) is 8.20. The van der Waals surface area contributed by atoms with Gasteiger partial charge in [0.15, 0.2) is 0 Å². The summed E-state index contributed by atoms with van der Waals surface area (Å²) in [5.74, 6) is 0.183. The van der Waals surface area contributed by atoms with Gasteiger partial charge in [0.05, 0.1) is 15.2 Å². The molecule has 0 fully saturated rings. The van der Waals surface area contributed by atoms with Crippen LogP contribution >= 0.6 is 11.3 Å². The Balaban J connectivity index is 1.77. The number of nitrogens with zero attached hydrogens (tertiary/aromatic N) is 1. The van der Waals surface area contributed by atoms with Gasteiger partial charge in [0.1, 0.15) is 11.3 Å². The Kier molecular flexibility index (Phi) is 3.30. The van der Waals surface area contributed by atoms with Gasteiger partial charge >= 0.3 is 5.63 Å². The van der Waals surface area contributed by atoms with Crippen molar-refractivity contribution in [2.24, 2.45) is 0 Å². The summed E-state index contributed by atoms with van der Waals surface area (Å²) in [6.07, 6.45) is 0.538. The summed E-state index contributed by atoms with van der Waals surface area (Å²) in [5.41, 5.74) is 1.95. The maximum Gasteiger partial charge on any atom is 0.336 e. The zero-order valence-electron chi connectivity index (χ0n) is 13.6. The second-order valence-corrected chi connectivity index (χ2v) is 7.30. The number of para-hydroxylation sites is 1. The van der Waals surface area contributed by atoms with Crippen molar-refractivity contribution in [3.63, 3.8) is 0 Å². The van der Waals surface area contributed by atoms with Gasteiger partial charge in [-0.3, -0.25) is 0 Å². The topological polar surface area (TPSA) is 63.3 Å². The lowest BCUT2D eigenvalue weighted by Gasteiger charge is -2.08. The van der Waals surface area contributed by atoms with Crippen LogP contribution in [0.1, 0.15) is 10.6 Å². The van der Waals surface area contributed by atoms with Crippen LogP contribution in [0.2, 0.25) is 0 Å². The van der Waals surface area contributed by atoms with Gasteiger partial charge in [-0.05, 0) is 46.7 Å². The maximum absolute atomic E-state index is 12.0.